The Bertz CT molecular complexity index is 1990. The van der Waals surface area contributed by atoms with Gasteiger partial charge in [0.25, 0.3) is 10.1 Å². The fourth-order valence-corrected chi connectivity index (χ4v) is 7.63. The Morgan fingerprint density at radius 2 is 1.72 bits per heavy atom. The molecule has 0 N–H and O–H groups in total. The highest BCUT2D eigenvalue weighted by Crippen LogP contribution is 2.36. The smallest absolute Gasteiger partial charge is 0.299 e. The first-order valence-corrected chi connectivity index (χ1v) is 17.1. The fourth-order valence-electron chi connectivity index (χ4n) is 6.52. The van der Waals surface area contributed by atoms with Crippen molar-refractivity contribution in [1.29, 1.82) is 0 Å². The van der Waals surface area contributed by atoms with Crippen LogP contribution < -0.4 is 14.7 Å². The third kappa shape index (κ3) is 5.78. The van der Waals surface area contributed by atoms with Gasteiger partial charge in [0.15, 0.2) is 5.65 Å². The number of imidazole rings is 1. The number of benzene rings is 2. The first-order chi connectivity index (χ1) is 22.3. The Morgan fingerprint density at radius 3 is 2.52 bits per heavy atom. The van der Waals surface area contributed by atoms with E-state index in [1.165, 1.54) is 6.07 Å². The molecule has 1 atom stereocenters. The number of rotatable bonds is 8. The van der Waals surface area contributed by atoms with Crippen molar-refractivity contribution in [3.8, 4) is 11.4 Å². The van der Waals surface area contributed by atoms with E-state index in [-0.39, 0.29) is 23.4 Å². The second-order valence-electron chi connectivity index (χ2n) is 11.7. The summed E-state index contributed by atoms with van der Waals surface area (Å²) in [6, 6.07) is 22.1. The predicted molar refractivity (Wildman–Crippen MR) is 176 cm³/mol. The van der Waals surface area contributed by atoms with Gasteiger partial charge in [0.05, 0.1) is 30.2 Å². The highest BCUT2D eigenvalue weighted by Gasteiger charge is 2.29. The van der Waals surface area contributed by atoms with Crippen LogP contribution in [-0.4, -0.2) is 67.3 Å². The molecule has 3 aromatic heterocycles. The van der Waals surface area contributed by atoms with Crippen molar-refractivity contribution < 1.29 is 17.0 Å². The van der Waals surface area contributed by atoms with Crippen LogP contribution in [0.3, 0.4) is 0 Å². The number of anilines is 3. The van der Waals surface area contributed by atoms with Crippen LogP contribution in [-0.2, 0) is 14.3 Å². The summed E-state index contributed by atoms with van der Waals surface area (Å²) in [5.74, 6) is 1.42. The lowest BCUT2D eigenvalue weighted by atomic mass is 10.0. The summed E-state index contributed by atoms with van der Waals surface area (Å²) in [5, 5.41) is 4.99. The highest BCUT2D eigenvalue weighted by molar-refractivity contribution is 7.87. The van der Waals surface area contributed by atoms with Crippen LogP contribution >= 0.6 is 0 Å². The molecule has 5 aromatic rings. The lowest BCUT2D eigenvalue weighted by molar-refractivity contribution is 0.338. The normalized spacial score (nSPS) is 17.3. The van der Waals surface area contributed by atoms with Gasteiger partial charge in [0.2, 0.25) is 0 Å². The van der Waals surface area contributed by atoms with Crippen molar-refractivity contribution in [3.05, 3.63) is 95.9 Å². The van der Waals surface area contributed by atoms with Gasteiger partial charge >= 0.3 is 0 Å². The molecule has 0 unspecified atom stereocenters. The van der Waals surface area contributed by atoms with Crippen molar-refractivity contribution in [1.82, 2.24) is 19.6 Å². The molecular weight excluding hydrogens is 605 g/mol. The van der Waals surface area contributed by atoms with E-state index in [0.29, 0.717) is 31.9 Å². The molecule has 2 fully saturated rings. The molecule has 0 radical (unpaired) electrons. The Kier molecular flexibility index (Phi) is 8.07. The van der Waals surface area contributed by atoms with Crippen molar-refractivity contribution in [2.45, 2.75) is 37.6 Å². The van der Waals surface area contributed by atoms with Crippen LogP contribution in [0.5, 0.6) is 0 Å². The maximum Gasteiger partial charge on any atom is 0.299 e. The molecule has 0 aliphatic carbocycles. The van der Waals surface area contributed by atoms with Crippen molar-refractivity contribution >= 4 is 33.1 Å². The van der Waals surface area contributed by atoms with Gasteiger partial charge in [-0.25, -0.2) is 18.9 Å². The maximum absolute atomic E-state index is 14.0. The highest BCUT2D eigenvalue weighted by atomic mass is 32.2. The number of hydrogen-bond acceptors (Lipinski definition) is 9. The molecule has 0 saturated carbocycles. The minimum absolute atomic E-state index is 0.0582. The lowest BCUT2D eigenvalue weighted by Crippen LogP contribution is -2.47. The topological polar surface area (TPSA) is 96.2 Å². The van der Waals surface area contributed by atoms with Crippen LogP contribution in [0, 0.1) is 12.7 Å². The lowest BCUT2D eigenvalue weighted by Gasteiger charge is -2.37. The van der Waals surface area contributed by atoms with E-state index in [1.54, 1.807) is 37.4 Å². The zero-order chi connectivity index (χ0) is 31.8. The summed E-state index contributed by atoms with van der Waals surface area (Å²) in [5.41, 5.74) is 4.86. The standard InChI is InChI=1S/C34H36FN7O3S/c1-3-45-46(43,44)31-13-12-24(2)21-29(31)39-17-19-40(20-18-39)33-11-5-9-27(37-33)30-23-36-32-14-15-34(38-42(30)32)41-16-6-10-28(41)25-7-4-8-26(35)22-25/h4-5,7-9,11-15,21-23,28H,3,6,10,16-20H2,1-2H3/t28-/m1/s1. The minimum atomic E-state index is -3.85. The molecule has 0 spiro atoms. The zero-order valence-corrected chi connectivity index (χ0v) is 26.7. The van der Waals surface area contributed by atoms with Crippen LogP contribution in [0.15, 0.2) is 83.9 Å². The molecule has 2 aliphatic heterocycles. The summed E-state index contributed by atoms with van der Waals surface area (Å²) in [6.07, 6.45) is 3.73. The summed E-state index contributed by atoms with van der Waals surface area (Å²) in [7, 11) is -3.85. The van der Waals surface area contributed by atoms with Crippen molar-refractivity contribution in [2.24, 2.45) is 0 Å². The largest absolute Gasteiger partial charge is 0.367 e. The average Bonchev–Trinajstić information content (AvgIpc) is 3.72. The summed E-state index contributed by atoms with van der Waals surface area (Å²) in [4.78, 5) is 16.4. The fraction of sp³-hybridized carbons (Fsp3) is 0.324. The van der Waals surface area contributed by atoms with Gasteiger partial charge in [-0.05, 0) is 86.3 Å². The van der Waals surface area contributed by atoms with Crippen LogP contribution in [0.4, 0.5) is 21.7 Å². The maximum atomic E-state index is 14.0. The van der Waals surface area contributed by atoms with Gasteiger partial charge in [-0.15, -0.1) is 5.10 Å². The number of hydrogen-bond donors (Lipinski definition) is 0. The number of aromatic nitrogens is 4. The quantitative estimate of drug-likeness (QED) is 0.200. The minimum Gasteiger partial charge on any atom is -0.367 e. The molecule has 5 heterocycles. The van der Waals surface area contributed by atoms with Crippen LogP contribution in [0.2, 0.25) is 0 Å². The van der Waals surface area contributed by atoms with E-state index in [9.17, 15) is 12.8 Å². The van der Waals surface area contributed by atoms with E-state index in [1.807, 2.05) is 53.9 Å². The van der Waals surface area contributed by atoms with E-state index in [4.69, 9.17) is 14.3 Å². The van der Waals surface area contributed by atoms with Crippen LogP contribution in [0.25, 0.3) is 17.0 Å². The molecule has 0 bridgehead atoms. The Labute approximate surface area is 268 Å². The molecule has 2 aromatic carbocycles. The van der Waals surface area contributed by atoms with E-state index >= 15 is 0 Å². The second-order valence-corrected chi connectivity index (χ2v) is 13.3. The number of fused-ring (bicyclic) bond motifs is 1. The molecule has 2 saturated heterocycles. The molecule has 238 valence electrons. The molecule has 2 aliphatic rings. The van der Waals surface area contributed by atoms with E-state index in [2.05, 4.69) is 19.7 Å². The molecule has 10 nitrogen and oxygen atoms in total. The van der Waals surface area contributed by atoms with Gasteiger partial charge in [0.1, 0.15) is 28.0 Å². The summed E-state index contributed by atoms with van der Waals surface area (Å²) >= 11 is 0. The summed E-state index contributed by atoms with van der Waals surface area (Å²) in [6.45, 7) is 7.16. The second kappa shape index (κ2) is 12.3. The third-order valence-corrected chi connectivity index (χ3v) is 10.2. The van der Waals surface area contributed by atoms with Crippen molar-refractivity contribution in [2.75, 3.05) is 54.0 Å². The van der Waals surface area contributed by atoms with Gasteiger partial charge in [-0.3, -0.25) is 4.18 Å². The van der Waals surface area contributed by atoms with Crippen LogP contribution in [0.1, 0.15) is 36.9 Å². The first-order valence-electron chi connectivity index (χ1n) is 15.6. The molecule has 7 rings (SSSR count). The Hall–Kier alpha value is -4.55. The SMILES string of the molecule is CCOS(=O)(=O)c1ccc(C)cc1N1CCN(c2cccc(-c3cnc4ccc(N5CCC[C@@H]5c5cccc(F)c5)nn34)n2)CC1. The number of halogens is 1. The van der Waals surface area contributed by atoms with Gasteiger partial charge in [-0.2, -0.15) is 8.42 Å². The molecule has 0 amide bonds. The summed E-state index contributed by atoms with van der Waals surface area (Å²) < 4.78 is 46.6. The van der Waals surface area contributed by atoms with Gasteiger partial charge in [-0.1, -0.05) is 24.3 Å². The number of piperazine rings is 1. The molecular formula is C34H36FN7O3S. The first kappa shape index (κ1) is 30.1. The van der Waals surface area contributed by atoms with Gasteiger partial charge < -0.3 is 14.7 Å². The Morgan fingerprint density at radius 1 is 0.913 bits per heavy atom. The van der Waals surface area contributed by atoms with Crippen molar-refractivity contribution in [3.63, 3.8) is 0 Å². The molecule has 46 heavy (non-hydrogen) atoms. The predicted octanol–water partition coefficient (Wildman–Crippen LogP) is 5.63. The van der Waals surface area contributed by atoms with E-state index in [0.717, 1.165) is 59.2 Å². The third-order valence-electron chi connectivity index (χ3n) is 8.73. The molecule has 12 heteroatoms. The number of aryl methyl sites for hydroxylation is 1. The monoisotopic (exact) mass is 641 g/mol. The number of pyridine rings is 1. The zero-order valence-electron chi connectivity index (χ0n) is 25.9. The average molecular weight is 642 g/mol. The number of nitrogens with zero attached hydrogens (tertiary/aromatic N) is 7. The van der Waals surface area contributed by atoms with Gasteiger partial charge in [0, 0.05) is 32.7 Å². The Balaban J connectivity index is 1.12. The van der Waals surface area contributed by atoms with E-state index < -0.39 is 10.1 Å².